The summed E-state index contributed by atoms with van der Waals surface area (Å²) in [6.07, 6.45) is 6.48. The molecule has 2 bridgehead atoms. The molecule has 2 heteroatoms. The third kappa shape index (κ3) is 1.96. The van der Waals surface area contributed by atoms with Gasteiger partial charge in [0, 0.05) is 11.8 Å². The lowest BCUT2D eigenvalue weighted by Gasteiger charge is -2.49. The van der Waals surface area contributed by atoms with E-state index in [2.05, 4.69) is 6.92 Å². The molecule has 0 aromatic carbocycles. The van der Waals surface area contributed by atoms with Crippen molar-refractivity contribution < 1.29 is 9.90 Å². The molecule has 86 valence electrons. The van der Waals surface area contributed by atoms with Gasteiger partial charge in [-0.15, -0.1) is 0 Å². The Kier molecular flexibility index (Phi) is 2.66. The third-order valence-corrected chi connectivity index (χ3v) is 4.38. The molecule has 1 N–H and O–H groups in total. The smallest absolute Gasteiger partial charge is 0.138 e. The Morgan fingerprint density at radius 3 is 2.80 bits per heavy atom. The van der Waals surface area contributed by atoms with Crippen LogP contribution in [-0.2, 0) is 4.79 Å². The van der Waals surface area contributed by atoms with Crippen molar-refractivity contribution in [3.05, 3.63) is 0 Å². The lowest BCUT2D eigenvalue weighted by atomic mass is 9.58. The highest BCUT2D eigenvalue weighted by Gasteiger charge is 2.49. The van der Waals surface area contributed by atoms with E-state index in [1.807, 2.05) is 6.92 Å². The fraction of sp³-hybridized carbons (Fsp3) is 0.923. The van der Waals surface area contributed by atoms with E-state index in [-0.39, 0.29) is 5.41 Å². The first kappa shape index (κ1) is 11.1. The highest BCUT2D eigenvalue weighted by molar-refractivity contribution is 5.84. The number of carbonyl (C=O) groups is 1. The van der Waals surface area contributed by atoms with Crippen molar-refractivity contribution in [2.45, 2.75) is 64.4 Å². The number of rotatable bonds is 2. The molecule has 2 fully saturated rings. The number of ketones is 1. The van der Waals surface area contributed by atoms with Crippen LogP contribution in [0.2, 0.25) is 0 Å². The number of carbonyl (C=O) groups excluding carboxylic acids is 1. The molecule has 0 spiro atoms. The molecule has 0 amide bonds. The van der Waals surface area contributed by atoms with Crippen LogP contribution in [0, 0.1) is 11.3 Å². The lowest BCUT2D eigenvalue weighted by molar-refractivity contribution is -0.144. The van der Waals surface area contributed by atoms with Gasteiger partial charge in [0.25, 0.3) is 0 Å². The number of hydrogen-bond acceptors (Lipinski definition) is 2. The first-order chi connectivity index (χ1) is 6.97. The van der Waals surface area contributed by atoms with Gasteiger partial charge in [0.05, 0.1) is 5.60 Å². The molecule has 0 aliphatic heterocycles. The molecule has 3 atom stereocenters. The largest absolute Gasteiger partial charge is 0.390 e. The van der Waals surface area contributed by atoms with Gasteiger partial charge in [0.15, 0.2) is 0 Å². The van der Waals surface area contributed by atoms with Crippen LogP contribution < -0.4 is 0 Å². The Morgan fingerprint density at radius 2 is 2.20 bits per heavy atom. The minimum absolute atomic E-state index is 0.243. The van der Waals surface area contributed by atoms with Gasteiger partial charge in [-0.05, 0) is 31.6 Å². The second-order valence-electron chi connectivity index (χ2n) is 5.91. The first-order valence-electron chi connectivity index (χ1n) is 6.23. The quantitative estimate of drug-likeness (QED) is 0.761. The fourth-order valence-electron chi connectivity index (χ4n) is 3.87. The number of Topliss-reactive ketones (excluding diaryl/α,β-unsaturated/α-hetero) is 1. The molecule has 2 saturated carbocycles. The van der Waals surface area contributed by atoms with Crippen LogP contribution in [0.4, 0.5) is 0 Å². The van der Waals surface area contributed by atoms with Crippen molar-refractivity contribution in [2.24, 2.45) is 11.3 Å². The normalized spacial score (nSPS) is 45.1. The van der Waals surface area contributed by atoms with Gasteiger partial charge in [-0.25, -0.2) is 0 Å². The highest BCUT2D eigenvalue weighted by atomic mass is 16.3. The van der Waals surface area contributed by atoms with Crippen LogP contribution in [0.5, 0.6) is 0 Å². The number of hydrogen-bond donors (Lipinski definition) is 1. The topological polar surface area (TPSA) is 37.3 Å². The third-order valence-electron chi connectivity index (χ3n) is 4.38. The summed E-state index contributed by atoms with van der Waals surface area (Å²) in [5, 5.41) is 10.4. The zero-order valence-corrected chi connectivity index (χ0v) is 9.88. The molecular formula is C13H22O2. The van der Waals surface area contributed by atoms with Crippen molar-refractivity contribution in [3.8, 4) is 0 Å². The summed E-state index contributed by atoms with van der Waals surface area (Å²) < 4.78 is 0. The lowest BCUT2D eigenvalue weighted by Crippen LogP contribution is -2.49. The Balaban J connectivity index is 2.20. The Labute approximate surface area is 92.1 Å². The predicted molar refractivity (Wildman–Crippen MR) is 59.5 cm³/mol. The van der Waals surface area contributed by atoms with Crippen LogP contribution >= 0.6 is 0 Å². The summed E-state index contributed by atoms with van der Waals surface area (Å²) in [6.45, 7) is 3.99. The molecule has 2 aliphatic rings. The van der Waals surface area contributed by atoms with Crippen LogP contribution in [-0.4, -0.2) is 16.5 Å². The summed E-state index contributed by atoms with van der Waals surface area (Å²) in [4.78, 5) is 12.0. The zero-order chi connectivity index (χ0) is 11.1. The van der Waals surface area contributed by atoms with Crippen LogP contribution in [0.25, 0.3) is 0 Å². The molecule has 2 rings (SSSR count). The fourth-order valence-corrected chi connectivity index (χ4v) is 3.87. The summed E-state index contributed by atoms with van der Waals surface area (Å²) in [7, 11) is 0. The summed E-state index contributed by atoms with van der Waals surface area (Å²) in [5.74, 6) is 0.922. The minimum Gasteiger partial charge on any atom is -0.390 e. The molecule has 3 unspecified atom stereocenters. The number of fused-ring (bicyclic) bond motifs is 2. The summed E-state index contributed by atoms with van der Waals surface area (Å²) in [5.41, 5.74) is -0.770. The molecule has 2 nitrogen and oxygen atoms in total. The standard InChI is InChI=1S/C13H22O2/c1-3-11(14)12(2)7-10-5-4-6-13(15,8-10)9-12/h10,15H,3-9H2,1-2H3. The van der Waals surface area contributed by atoms with Gasteiger partial charge in [-0.1, -0.05) is 26.7 Å². The van der Waals surface area contributed by atoms with E-state index in [4.69, 9.17) is 0 Å². The first-order valence-corrected chi connectivity index (χ1v) is 6.23. The van der Waals surface area contributed by atoms with Crippen LogP contribution in [0.3, 0.4) is 0 Å². The monoisotopic (exact) mass is 210 g/mol. The molecule has 2 aliphatic carbocycles. The van der Waals surface area contributed by atoms with Gasteiger partial charge in [0.2, 0.25) is 0 Å². The molecule has 15 heavy (non-hydrogen) atoms. The van der Waals surface area contributed by atoms with Crippen molar-refractivity contribution >= 4 is 5.78 Å². The van der Waals surface area contributed by atoms with E-state index in [9.17, 15) is 9.90 Å². The Morgan fingerprint density at radius 1 is 1.47 bits per heavy atom. The van der Waals surface area contributed by atoms with E-state index < -0.39 is 5.60 Å². The maximum atomic E-state index is 12.0. The van der Waals surface area contributed by atoms with Crippen molar-refractivity contribution in [1.29, 1.82) is 0 Å². The van der Waals surface area contributed by atoms with Crippen LogP contribution in [0.1, 0.15) is 58.8 Å². The van der Waals surface area contributed by atoms with E-state index in [1.54, 1.807) is 0 Å². The molecular weight excluding hydrogens is 188 g/mol. The van der Waals surface area contributed by atoms with Crippen LogP contribution in [0.15, 0.2) is 0 Å². The predicted octanol–water partition coefficient (Wildman–Crippen LogP) is 2.69. The summed E-state index contributed by atoms with van der Waals surface area (Å²) >= 11 is 0. The van der Waals surface area contributed by atoms with Crippen molar-refractivity contribution in [2.75, 3.05) is 0 Å². The van der Waals surface area contributed by atoms with Gasteiger partial charge < -0.3 is 5.11 Å². The van der Waals surface area contributed by atoms with Gasteiger partial charge >= 0.3 is 0 Å². The second-order valence-corrected chi connectivity index (χ2v) is 5.91. The average Bonchev–Trinajstić information content (AvgIpc) is 2.14. The average molecular weight is 210 g/mol. The molecule has 0 radical (unpaired) electrons. The second kappa shape index (κ2) is 3.58. The van der Waals surface area contributed by atoms with Crippen molar-refractivity contribution in [3.63, 3.8) is 0 Å². The molecule has 0 aromatic rings. The SMILES string of the molecule is CCC(=O)C1(C)CC2CCCC(O)(C2)C1. The summed E-state index contributed by atoms with van der Waals surface area (Å²) in [6, 6.07) is 0. The minimum atomic E-state index is -0.527. The van der Waals surface area contributed by atoms with Gasteiger partial charge in [0.1, 0.15) is 5.78 Å². The Bertz CT molecular complexity index is 274. The van der Waals surface area contributed by atoms with E-state index in [1.165, 1.54) is 6.42 Å². The molecule has 0 aromatic heterocycles. The Hall–Kier alpha value is -0.370. The maximum absolute atomic E-state index is 12.0. The zero-order valence-electron chi connectivity index (χ0n) is 9.88. The van der Waals surface area contributed by atoms with Gasteiger partial charge in [-0.3, -0.25) is 4.79 Å². The highest BCUT2D eigenvalue weighted by Crippen LogP contribution is 2.51. The van der Waals surface area contributed by atoms with E-state index in [0.717, 1.165) is 25.7 Å². The van der Waals surface area contributed by atoms with Crippen molar-refractivity contribution in [1.82, 2.24) is 0 Å². The molecule has 0 heterocycles. The molecule has 0 saturated heterocycles. The van der Waals surface area contributed by atoms with E-state index >= 15 is 0 Å². The van der Waals surface area contributed by atoms with Gasteiger partial charge in [-0.2, -0.15) is 0 Å². The number of aliphatic hydroxyl groups is 1. The van der Waals surface area contributed by atoms with E-state index in [0.29, 0.717) is 24.5 Å². The maximum Gasteiger partial charge on any atom is 0.138 e.